The quantitative estimate of drug-likeness (QED) is 0.596. The lowest BCUT2D eigenvalue weighted by Gasteiger charge is -2.22. The predicted molar refractivity (Wildman–Crippen MR) is 63.1 cm³/mol. The molecule has 5 heteroatoms. The molecule has 0 spiro atoms. The molecule has 0 aromatic rings. The number of rotatable bonds is 6. The smallest absolute Gasteiger partial charge is 0.407 e. The highest BCUT2D eigenvalue weighted by Gasteiger charge is 2.18. The highest BCUT2D eigenvalue weighted by Crippen LogP contribution is 2.07. The lowest BCUT2D eigenvalue weighted by molar-refractivity contribution is 0.0478. The molecule has 1 atom stereocenters. The van der Waals surface area contributed by atoms with Gasteiger partial charge in [0.05, 0.1) is 12.6 Å². The minimum Gasteiger partial charge on any atom is -0.444 e. The zero-order valence-corrected chi connectivity index (χ0v) is 10.5. The Morgan fingerprint density at radius 3 is 2.50 bits per heavy atom. The van der Waals surface area contributed by atoms with Crippen LogP contribution in [0.1, 0.15) is 40.0 Å². The Hall–Kier alpha value is -0.810. The summed E-state index contributed by atoms with van der Waals surface area (Å²) in [6.07, 6.45) is 2.01. The molecule has 0 aromatic carbocycles. The molecule has 0 saturated carbocycles. The molecule has 16 heavy (non-hydrogen) atoms. The number of hydrogen-bond donors (Lipinski definition) is 3. The first-order chi connectivity index (χ1) is 7.39. The fourth-order valence-corrected chi connectivity index (χ4v) is 1.22. The van der Waals surface area contributed by atoms with Gasteiger partial charge in [0, 0.05) is 0 Å². The van der Waals surface area contributed by atoms with E-state index < -0.39 is 11.7 Å². The number of amides is 1. The summed E-state index contributed by atoms with van der Waals surface area (Å²) in [7, 11) is 0. The molecule has 0 radical (unpaired) electrons. The van der Waals surface area contributed by atoms with Crippen LogP contribution < -0.4 is 11.1 Å². The van der Waals surface area contributed by atoms with Gasteiger partial charge in [0.1, 0.15) is 5.60 Å². The van der Waals surface area contributed by atoms with Crippen LogP contribution in [0.4, 0.5) is 4.79 Å². The lowest BCUT2D eigenvalue weighted by Crippen LogP contribution is -2.41. The van der Waals surface area contributed by atoms with E-state index in [9.17, 15) is 4.79 Å². The molecule has 5 nitrogen and oxygen atoms in total. The molecule has 0 fully saturated rings. The van der Waals surface area contributed by atoms with Crippen LogP contribution in [0.25, 0.3) is 0 Å². The summed E-state index contributed by atoms with van der Waals surface area (Å²) < 4.78 is 5.09. The zero-order valence-electron chi connectivity index (χ0n) is 10.5. The largest absolute Gasteiger partial charge is 0.444 e. The van der Waals surface area contributed by atoms with Crippen molar-refractivity contribution in [2.45, 2.75) is 51.7 Å². The van der Waals surface area contributed by atoms with Crippen LogP contribution in [-0.2, 0) is 4.74 Å². The summed E-state index contributed by atoms with van der Waals surface area (Å²) >= 11 is 0. The number of carbonyl (C=O) groups is 1. The zero-order chi connectivity index (χ0) is 12.6. The van der Waals surface area contributed by atoms with Gasteiger partial charge in [-0.1, -0.05) is 6.42 Å². The van der Waals surface area contributed by atoms with E-state index in [2.05, 4.69) is 5.32 Å². The average Bonchev–Trinajstić information content (AvgIpc) is 2.13. The van der Waals surface area contributed by atoms with Crippen LogP contribution in [0.3, 0.4) is 0 Å². The van der Waals surface area contributed by atoms with Crippen LogP contribution in [0.5, 0.6) is 0 Å². The van der Waals surface area contributed by atoms with E-state index in [0.717, 1.165) is 12.8 Å². The Bertz CT molecular complexity index is 202. The molecule has 0 aliphatic rings. The normalized spacial score (nSPS) is 13.3. The van der Waals surface area contributed by atoms with E-state index >= 15 is 0 Å². The number of hydrogen-bond acceptors (Lipinski definition) is 4. The highest BCUT2D eigenvalue weighted by molar-refractivity contribution is 5.68. The first-order valence-corrected chi connectivity index (χ1v) is 5.69. The van der Waals surface area contributed by atoms with Crippen molar-refractivity contribution < 1.29 is 14.6 Å². The number of nitrogens with two attached hydrogens (primary N) is 1. The molecule has 0 rings (SSSR count). The van der Waals surface area contributed by atoms with Gasteiger partial charge in [0.2, 0.25) is 0 Å². The van der Waals surface area contributed by atoms with Gasteiger partial charge < -0.3 is 20.9 Å². The molecule has 0 aliphatic carbocycles. The number of unbranched alkanes of at least 4 members (excludes halogenated alkanes) is 1. The van der Waals surface area contributed by atoms with Crippen molar-refractivity contribution in [1.29, 1.82) is 0 Å². The number of aliphatic hydroxyl groups is 1. The molecule has 1 amide bonds. The Balaban J connectivity index is 3.88. The summed E-state index contributed by atoms with van der Waals surface area (Å²) in [5.74, 6) is 0. The molecule has 0 saturated heterocycles. The second-order valence-electron chi connectivity index (χ2n) is 4.81. The average molecular weight is 232 g/mol. The van der Waals surface area contributed by atoms with Gasteiger partial charge in [-0.15, -0.1) is 0 Å². The van der Waals surface area contributed by atoms with E-state index in [1.54, 1.807) is 20.8 Å². The summed E-state index contributed by atoms with van der Waals surface area (Å²) in [4.78, 5) is 11.4. The third kappa shape index (κ3) is 8.49. The molecule has 0 heterocycles. The molecule has 0 bridgehead atoms. The third-order valence-corrected chi connectivity index (χ3v) is 1.95. The summed E-state index contributed by atoms with van der Waals surface area (Å²) in [6.45, 7) is 5.95. The summed E-state index contributed by atoms with van der Waals surface area (Å²) in [6, 6.07) is -0.249. The second-order valence-corrected chi connectivity index (χ2v) is 4.81. The van der Waals surface area contributed by atoms with Gasteiger partial charge >= 0.3 is 6.09 Å². The molecule has 96 valence electrons. The topological polar surface area (TPSA) is 84.6 Å². The second kappa shape index (κ2) is 7.46. The Morgan fingerprint density at radius 2 is 2.06 bits per heavy atom. The minimum absolute atomic E-state index is 0.0795. The van der Waals surface area contributed by atoms with Crippen LogP contribution in [-0.4, -0.2) is 36.0 Å². The van der Waals surface area contributed by atoms with Crippen molar-refractivity contribution in [1.82, 2.24) is 5.32 Å². The van der Waals surface area contributed by atoms with Gasteiger partial charge in [0.25, 0.3) is 0 Å². The number of carbonyl (C=O) groups excluding carboxylic acids is 1. The maximum absolute atomic E-state index is 11.4. The summed E-state index contributed by atoms with van der Waals surface area (Å²) in [5.41, 5.74) is 4.85. The van der Waals surface area contributed by atoms with E-state index in [0.29, 0.717) is 13.0 Å². The first-order valence-electron chi connectivity index (χ1n) is 5.69. The number of alkyl carbamates (subject to hydrolysis) is 1. The predicted octanol–water partition coefficient (Wildman–Crippen LogP) is 1.00. The maximum atomic E-state index is 11.4. The van der Waals surface area contributed by atoms with Crippen molar-refractivity contribution in [2.24, 2.45) is 5.73 Å². The van der Waals surface area contributed by atoms with Crippen LogP contribution >= 0.6 is 0 Å². The van der Waals surface area contributed by atoms with Crippen molar-refractivity contribution in [2.75, 3.05) is 13.2 Å². The van der Waals surface area contributed by atoms with Gasteiger partial charge in [-0.05, 0) is 40.2 Å². The maximum Gasteiger partial charge on any atom is 0.407 e. The van der Waals surface area contributed by atoms with Crippen LogP contribution in [0.15, 0.2) is 0 Å². The number of aliphatic hydroxyl groups excluding tert-OH is 1. The van der Waals surface area contributed by atoms with Gasteiger partial charge in [-0.25, -0.2) is 4.79 Å². The van der Waals surface area contributed by atoms with Gasteiger partial charge in [-0.3, -0.25) is 0 Å². The Kier molecular flexibility index (Phi) is 7.08. The SMILES string of the molecule is CC(C)(C)OC(=O)NC(CO)CCCCN. The Morgan fingerprint density at radius 1 is 1.44 bits per heavy atom. The fraction of sp³-hybridized carbons (Fsp3) is 0.909. The lowest BCUT2D eigenvalue weighted by atomic mass is 10.1. The van der Waals surface area contributed by atoms with E-state index in [-0.39, 0.29) is 12.6 Å². The van der Waals surface area contributed by atoms with E-state index in [1.807, 2.05) is 0 Å². The minimum atomic E-state index is -0.513. The van der Waals surface area contributed by atoms with Crippen molar-refractivity contribution >= 4 is 6.09 Å². The molecule has 1 unspecified atom stereocenters. The molecular formula is C11H24N2O3. The molecule has 0 aromatic heterocycles. The van der Waals surface area contributed by atoms with Crippen LogP contribution in [0.2, 0.25) is 0 Å². The molecular weight excluding hydrogens is 208 g/mol. The highest BCUT2D eigenvalue weighted by atomic mass is 16.6. The van der Waals surface area contributed by atoms with Gasteiger partial charge in [0.15, 0.2) is 0 Å². The van der Waals surface area contributed by atoms with Crippen molar-refractivity contribution in [3.05, 3.63) is 0 Å². The summed E-state index contributed by atoms with van der Waals surface area (Å²) in [5, 5.41) is 11.7. The van der Waals surface area contributed by atoms with Crippen molar-refractivity contribution in [3.8, 4) is 0 Å². The van der Waals surface area contributed by atoms with Gasteiger partial charge in [-0.2, -0.15) is 0 Å². The fourth-order valence-electron chi connectivity index (χ4n) is 1.22. The monoisotopic (exact) mass is 232 g/mol. The Labute approximate surface area is 97.3 Å². The third-order valence-electron chi connectivity index (χ3n) is 1.95. The molecule has 4 N–H and O–H groups in total. The number of nitrogens with one attached hydrogen (secondary N) is 1. The van der Waals surface area contributed by atoms with Crippen molar-refractivity contribution in [3.63, 3.8) is 0 Å². The molecule has 0 aliphatic heterocycles. The van der Waals surface area contributed by atoms with E-state index in [1.165, 1.54) is 0 Å². The standard InChI is InChI=1S/C11H24N2O3/c1-11(2,3)16-10(15)13-9(8-14)6-4-5-7-12/h9,14H,4-8,12H2,1-3H3,(H,13,15). The van der Waals surface area contributed by atoms with E-state index in [4.69, 9.17) is 15.6 Å². The first kappa shape index (κ1) is 15.2. The number of ether oxygens (including phenoxy) is 1. The van der Waals surface area contributed by atoms with Crippen LogP contribution in [0, 0.1) is 0 Å².